The number of aliphatic hydroxyl groups is 1. The average molecular weight is 857 g/mol. The average Bonchev–Trinajstić information content (AvgIpc) is 3.87. The van der Waals surface area contributed by atoms with Crippen molar-refractivity contribution in [2.45, 2.75) is 108 Å². The fourth-order valence-electron chi connectivity index (χ4n) is 10.7. The molecule has 8 rings (SSSR count). The summed E-state index contributed by atoms with van der Waals surface area (Å²) < 4.78 is 41.5. The summed E-state index contributed by atoms with van der Waals surface area (Å²) in [7, 11) is 0. The second-order valence-corrected chi connectivity index (χ2v) is 18.3. The molecule has 8 atom stereocenters. The number of nitrogens with one attached hydrogen (secondary N) is 2. The number of carbonyl (C=O) groups is 5. The molecule has 14 nitrogen and oxygen atoms in total. The molecule has 5 aliphatic rings. The molecule has 3 heterocycles. The van der Waals surface area contributed by atoms with Crippen LogP contribution in [0.25, 0.3) is 11.3 Å². The number of benzene rings is 1. The predicted molar refractivity (Wildman–Crippen MR) is 220 cm³/mol. The van der Waals surface area contributed by atoms with Crippen molar-refractivity contribution in [1.82, 2.24) is 15.3 Å². The Kier molecular flexibility index (Phi) is 11.1. The molecule has 1 aromatic carbocycles. The van der Waals surface area contributed by atoms with Crippen molar-refractivity contribution in [3.63, 3.8) is 0 Å². The number of anilines is 1. The summed E-state index contributed by atoms with van der Waals surface area (Å²) in [6.07, 6.45) is 6.36. The Labute approximate surface area is 356 Å². The molecular formula is C45H49FN4O10S. The van der Waals surface area contributed by atoms with E-state index in [1.165, 1.54) is 23.5 Å². The number of alkyl halides is 1. The second-order valence-electron chi connectivity index (χ2n) is 17.5. The number of hydrogen-bond acceptors (Lipinski definition) is 13. The van der Waals surface area contributed by atoms with Gasteiger partial charge in [-0.2, -0.15) is 0 Å². The van der Waals surface area contributed by atoms with E-state index >= 15 is 4.39 Å². The molecule has 4 aliphatic carbocycles. The zero-order valence-electron chi connectivity index (χ0n) is 34.4. The third kappa shape index (κ3) is 7.50. The highest BCUT2D eigenvalue weighted by atomic mass is 32.1. The fraction of sp³-hybridized carbons (Fsp3) is 0.489. The van der Waals surface area contributed by atoms with Gasteiger partial charge < -0.3 is 29.4 Å². The largest absolute Gasteiger partial charge is 0.458 e. The van der Waals surface area contributed by atoms with Crippen LogP contribution in [0.1, 0.15) is 78.2 Å². The molecule has 1 saturated heterocycles. The van der Waals surface area contributed by atoms with Crippen molar-refractivity contribution in [2.75, 3.05) is 11.9 Å². The first-order valence-electron chi connectivity index (χ1n) is 20.6. The van der Waals surface area contributed by atoms with Gasteiger partial charge in [0.25, 0.3) is 0 Å². The van der Waals surface area contributed by atoms with E-state index in [-0.39, 0.29) is 43.8 Å². The summed E-state index contributed by atoms with van der Waals surface area (Å²) in [6, 6.07) is 9.88. The Morgan fingerprint density at radius 2 is 1.82 bits per heavy atom. The highest BCUT2D eigenvalue weighted by Crippen LogP contribution is 2.72. The number of carbonyl (C=O) groups excluding carboxylic acids is 5. The standard InChI is InChI=1S/C45H49FN4O10S/c1-41(2)59-36-21-32-31-12-11-28-20-29(51)13-16-42(28,3)44(31,46)34(52)22-43(32,4)45(36,60-41)35(53)24-57-37(54)9-6-10-38(55)58-30-8-5-7-26(19-30)23-48-39(56)50-40-49-33(25-61-40)27-14-17-47-18-15-27/h5,7-8,13-20,25,31-32,34,36,52H,6,9-12,21-24H2,1-4H3,(H2,48,49,50,56)/t31-,32-,34-,36+,42-,43-,44-,45+/m0/s1. The first kappa shape index (κ1) is 42.5. The van der Waals surface area contributed by atoms with Crippen molar-refractivity contribution < 1.29 is 52.4 Å². The lowest BCUT2D eigenvalue weighted by molar-refractivity contribution is -0.246. The molecule has 61 heavy (non-hydrogen) atoms. The maximum atomic E-state index is 17.7. The molecule has 16 heteroatoms. The van der Waals surface area contributed by atoms with Crippen LogP contribution in [0.3, 0.4) is 0 Å². The Morgan fingerprint density at radius 1 is 1.05 bits per heavy atom. The number of Topliss-reactive ketones (excluding diaryl/α,β-unsaturated/α-hetero) is 1. The number of esters is 2. The number of aliphatic hydroxyl groups excluding tert-OH is 1. The third-order valence-corrected chi connectivity index (χ3v) is 14.2. The van der Waals surface area contributed by atoms with Crippen LogP contribution in [-0.4, -0.2) is 80.5 Å². The van der Waals surface area contributed by atoms with Crippen molar-refractivity contribution >= 4 is 46.0 Å². The van der Waals surface area contributed by atoms with Gasteiger partial charge in [0, 0.05) is 59.5 Å². The maximum Gasteiger partial charge on any atom is 0.321 e. The lowest BCUT2D eigenvalue weighted by Crippen LogP contribution is -2.70. The topological polar surface area (TPSA) is 192 Å². The minimum absolute atomic E-state index is 0.0921. The van der Waals surface area contributed by atoms with Crippen LogP contribution in [0, 0.1) is 22.7 Å². The number of urea groups is 1. The molecule has 3 aromatic rings. The van der Waals surface area contributed by atoms with Crippen LogP contribution in [-0.2, 0) is 39.9 Å². The van der Waals surface area contributed by atoms with Gasteiger partial charge >= 0.3 is 18.0 Å². The van der Waals surface area contributed by atoms with Crippen molar-refractivity contribution in [3.05, 3.63) is 83.5 Å². The predicted octanol–water partition coefficient (Wildman–Crippen LogP) is 6.59. The SMILES string of the molecule is CC1(C)O[C@@H]2C[C@H]3[C@@H]4CCC5=CC(=O)C=C[C@]5(C)[C@@]4(F)[C@@H](O)C[C@]3(C)[C@]2(C(=O)COC(=O)CCCC(=O)Oc2cccc(CNC(=O)Nc3nc(-c4ccncc4)cs3)c2)O1. The molecule has 2 amide bonds. The van der Waals surface area contributed by atoms with Gasteiger partial charge in [-0.25, -0.2) is 14.2 Å². The summed E-state index contributed by atoms with van der Waals surface area (Å²) in [5, 5.41) is 19.5. The van der Waals surface area contributed by atoms with Crippen LogP contribution < -0.4 is 15.4 Å². The van der Waals surface area contributed by atoms with Crippen LogP contribution >= 0.6 is 11.3 Å². The van der Waals surface area contributed by atoms with Gasteiger partial charge in [0.1, 0.15) is 5.75 Å². The smallest absolute Gasteiger partial charge is 0.321 e. The van der Waals surface area contributed by atoms with Gasteiger partial charge in [-0.1, -0.05) is 30.7 Å². The van der Waals surface area contributed by atoms with Gasteiger partial charge in [-0.05, 0) is 101 Å². The summed E-state index contributed by atoms with van der Waals surface area (Å²) in [5.41, 5.74) is -3.05. The van der Waals surface area contributed by atoms with Gasteiger partial charge in [0.2, 0.25) is 5.78 Å². The molecule has 322 valence electrons. The molecule has 1 aliphatic heterocycles. The van der Waals surface area contributed by atoms with E-state index in [1.54, 1.807) is 63.5 Å². The maximum absolute atomic E-state index is 17.7. The van der Waals surface area contributed by atoms with E-state index in [1.807, 2.05) is 24.4 Å². The van der Waals surface area contributed by atoms with E-state index in [4.69, 9.17) is 18.9 Å². The number of aromatic nitrogens is 2. The van der Waals surface area contributed by atoms with Crippen LogP contribution in [0.15, 0.2) is 78.0 Å². The van der Waals surface area contributed by atoms with E-state index in [9.17, 15) is 29.1 Å². The van der Waals surface area contributed by atoms with Crippen molar-refractivity contribution in [1.29, 1.82) is 0 Å². The number of hydrogen-bond donors (Lipinski definition) is 3. The van der Waals surface area contributed by atoms with Crippen molar-refractivity contribution in [3.8, 4) is 17.0 Å². The first-order valence-corrected chi connectivity index (χ1v) is 21.4. The summed E-state index contributed by atoms with van der Waals surface area (Å²) in [4.78, 5) is 73.2. The Balaban J connectivity index is 0.827. The number of ketones is 2. The number of ether oxygens (including phenoxy) is 4. The number of pyridine rings is 1. The Hall–Kier alpha value is -5.16. The molecule has 0 spiro atoms. The molecule has 0 radical (unpaired) electrons. The molecule has 0 bridgehead atoms. The van der Waals surface area contributed by atoms with E-state index < -0.39 is 82.3 Å². The van der Waals surface area contributed by atoms with Crippen LogP contribution in [0.2, 0.25) is 0 Å². The van der Waals surface area contributed by atoms with E-state index in [0.717, 1.165) is 11.3 Å². The number of nitrogens with zero attached hydrogens (tertiary/aromatic N) is 2. The molecule has 2 aromatic heterocycles. The monoisotopic (exact) mass is 856 g/mol. The second kappa shape index (κ2) is 15.9. The molecule has 3 saturated carbocycles. The number of fused-ring (bicyclic) bond motifs is 7. The quantitative estimate of drug-likeness (QED) is 0.131. The normalized spacial score (nSPS) is 31.8. The molecule has 3 N–H and O–H groups in total. The lowest BCUT2D eigenvalue weighted by atomic mass is 9.44. The Bertz CT molecular complexity index is 2320. The van der Waals surface area contributed by atoms with Gasteiger partial charge in [0.05, 0.1) is 17.9 Å². The fourth-order valence-corrected chi connectivity index (χ4v) is 11.4. The zero-order valence-corrected chi connectivity index (χ0v) is 35.2. The molecule has 4 fully saturated rings. The van der Waals surface area contributed by atoms with Gasteiger partial charge in [-0.15, -0.1) is 11.3 Å². The van der Waals surface area contributed by atoms with Crippen molar-refractivity contribution in [2.24, 2.45) is 22.7 Å². The molecule has 0 unspecified atom stereocenters. The molecular weight excluding hydrogens is 808 g/mol. The number of thiazole rings is 1. The number of amides is 2. The van der Waals surface area contributed by atoms with Crippen LogP contribution in [0.4, 0.5) is 14.3 Å². The minimum atomic E-state index is -2.10. The zero-order chi connectivity index (χ0) is 43.4. The van der Waals surface area contributed by atoms with Gasteiger partial charge in [-0.3, -0.25) is 29.5 Å². The highest BCUT2D eigenvalue weighted by Gasteiger charge is 2.80. The Morgan fingerprint density at radius 3 is 2.61 bits per heavy atom. The minimum Gasteiger partial charge on any atom is -0.458 e. The number of rotatable bonds is 12. The number of halogens is 1. The highest BCUT2D eigenvalue weighted by molar-refractivity contribution is 7.14. The lowest BCUT2D eigenvalue weighted by Gasteiger charge is -2.62. The summed E-state index contributed by atoms with van der Waals surface area (Å²) >= 11 is 1.29. The first-order chi connectivity index (χ1) is 29.0. The number of allylic oxidation sites excluding steroid dienone is 4. The van der Waals surface area contributed by atoms with Crippen LogP contribution in [0.5, 0.6) is 5.75 Å². The van der Waals surface area contributed by atoms with Gasteiger partial charge in [0.15, 0.2) is 34.6 Å². The summed E-state index contributed by atoms with van der Waals surface area (Å²) in [5.74, 6) is -4.01. The van der Waals surface area contributed by atoms with E-state index in [2.05, 4.69) is 20.6 Å². The van der Waals surface area contributed by atoms with E-state index in [0.29, 0.717) is 35.5 Å². The third-order valence-electron chi connectivity index (χ3n) is 13.5. The summed E-state index contributed by atoms with van der Waals surface area (Å²) in [6.45, 7) is 6.49.